The Labute approximate surface area is 118 Å². The maximum atomic E-state index is 11.3. The molecule has 1 aromatic rings. The number of halogens is 1. The van der Waals surface area contributed by atoms with Gasteiger partial charge >= 0.3 is 5.97 Å². The Morgan fingerprint density at radius 1 is 1.56 bits per heavy atom. The molecule has 0 radical (unpaired) electrons. The van der Waals surface area contributed by atoms with Gasteiger partial charge in [-0.2, -0.15) is 0 Å². The van der Waals surface area contributed by atoms with Crippen molar-refractivity contribution >= 4 is 33.2 Å². The van der Waals surface area contributed by atoms with E-state index in [0.29, 0.717) is 12.1 Å². The summed E-state index contributed by atoms with van der Waals surface area (Å²) in [5, 5.41) is 2.53. The van der Waals surface area contributed by atoms with Crippen molar-refractivity contribution in [2.24, 2.45) is 0 Å². The van der Waals surface area contributed by atoms with Crippen LogP contribution in [0.1, 0.15) is 15.5 Å². The van der Waals surface area contributed by atoms with Crippen molar-refractivity contribution in [3.05, 3.63) is 39.3 Å². The molecule has 6 heteroatoms. The summed E-state index contributed by atoms with van der Waals surface area (Å²) >= 11 is 4.60. The monoisotopic (exact) mass is 331 g/mol. The molecule has 1 aromatic heterocycles. The Bertz CT molecular complexity index is 442. The van der Waals surface area contributed by atoms with Crippen LogP contribution in [-0.4, -0.2) is 31.3 Å². The lowest BCUT2D eigenvalue weighted by atomic mass is 10.2. The molecule has 0 N–H and O–H groups in total. The van der Waals surface area contributed by atoms with Crippen molar-refractivity contribution in [1.82, 2.24) is 4.98 Å². The Balaban J connectivity index is 2.64. The number of hydrogen-bond acceptors (Lipinski definition) is 5. The zero-order chi connectivity index (χ0) is 13.4. The van der Waals surface area contributed by atoms with Crippen molar-refractivity contribution in [2.45, 2.75) is 12.5 Å². The minimum atomic E-state index is -0.413. The molecule has 0 spiro atoms. The van der Waals surface area contributed by atoms with Gasteiger partial charge in [-0.05, 0) is 4.99 Å². The van der Waals surface area contributed by atoms with Crippen LogP contribution in [0, 0.1) is 0 Å². The van der Waals surface area contributed by atoms with Crippen LogP contribution in [0.2, 0.25) is 0 Å². The molecule has 0 fully saturated rings. The van der Waals surface area contributed by atoms with Crippen molar-refractivity contribution in [3.8, 4) is 0 Å². The number of carbonyl (C=O) groups is 1. The Morgan fingerprint density at radius 3 is 2.94 bits per heavy atom. The molecule has 0 amide bonds. The van der Waals surface area contributed by atoms with E-state index in [1.807, 2.05) is 18.2 Å². The lowest BCUT2D eigenvalue weighted by molar-refractivity contribution is 0.0594. The molecular formula is C12H14BrNO3S. The molecule has 98 valence electrons. The standard InChI is InChI=1S/C12H14BrNO3S/c1-16-9(5-3-4-6-13)7-11-14-10(8-18-11)12(15)17-2/h3-6,8-9H,7H2,1-2H3/b5-3+,6-4-/t9-/m0/s1. The third kappa shape index (κ3) is 4.72. The fraction of sp³-hybridized carbons (Fsp3) is 0.333. The van der Waals surface area contributed by atoms with Gasteiger partial charge in [-0.25, -0.2) is 9.78 Å². The van der Waals surface area contributed by atoms with Gasteiger partial charge in [0.05, 0.1) is 18.2 Å². The number of allylic oxidation sites excluding steroid dienone is 2. The molecule has 0 saturated heterocycles. The molecule has 0 aliphatic heterocycles. The van der Waals surface area contributed by atoms with E-state index in [2.05, 4.69) is 25.7 Å². The summed E-state index contributed by atoms with van der Waals surface area (Å²) < 4.78 is 9.92. The van der Waals surface area contributed by atoms with Gasteiger partial charge in [0.25, 0.3) is 0 Å². The van der Waals surface area contributed by atoms with Crippen molar-refractivity contribution in [2.75, 3.05) is 14.2 Å². The Morgan fingerprint density at radius 2 is 2.33 bits per heavy atom. The number of carbonyl (C=O) groups excluding carboxylic acids is 1. The first-order chi connectivity index (χ1) is 8.71. The quantitative estimate of drug-likeness (QED) is 0.594. The lowest BCUT2D eigenvalue weighted by Gasteiger charge is -2.07. The largest absolute Gasteiger partial charge is 0.464 e. The van der Waals surface area contributed by atoms with Crippen LogP contribution >= 0.6 is 27.3 Å². The smallest absolute Gasteiger partial charge is 0.357 e. The molecule has 0 aliphatic rings. The Kier molecular flexibility index (Phi) is 6.85. The van der Waals surface area contributed by atoms with E-state index < -0.39 is 5.97 Å². The summed E-state index contributed by atoms with van der Waals surface area (Å²) in [6.45, 7) is 0. The van der Waals surface area contributed by atoms with E-state index in [4.69, 9.17) is 4.74 Å². The molecule has 1 atom stereocenters. The van der Waals surface area contributed by atoms with Gasteiger partial charge in [0, 0.05) is 18.9 Å². The number of ether oxygens (including phenoxy) is 2. The molecule has 1 rings (SSSR count). The second-order valence-electron chi connectivity index (χ2n) is 3.30. The highest BCUT2D eigenvalue weighted by molar-refractivity contribution is 9.11. The number of methoxy groups -OCH3 is 2. The number of hydrogen-bond donors (Lipinski definition) is 0. The molecule has 0 aliphatic carbocycles. The Hall–Kier alpha value is -0.980. The van der Waals surface area contributed by atoms with Crippen LogP contribution in [0.4, 0.5) is 0 Å². The third-order valence-electron chi connectivity index (χ3n) is 2.13. The average Bonchev–Trinajstić information content (AvgIpc) is 2.85. The fourth-order valence-electron chi connectivity index (χ4n) is 1.24. The van der Waals surface area contributed by atoms with Gasteiger partial charge in [0.2, 0.25) is 0 Å². The first-order valence-corrected chi connectivity index (χ1v) is 6.99. The van der Waals surface area contributed by atoms with Gasteiger partial charge in [0.15, 0.2) is 5.69 Å². The summed E-state index contributed by atoms with van der Waals surface area (Å²) in [4.78, 5) is 17.2. The first kappa shape index (κ1) is 15.1. The molecule has 0 saturated carbocycles. The number of aromatic nitrogens is 1. The zero-order valence-electron chi connectivity index (χ0n) is 10.1. The van der Waals surface area contributed by atoms with Crippen molar-refractivity contribution < 1.29 is 14.3 Å². The van der Waals surface area contributed by atoms with E-state index in [-0.39, 0.29) is 6.10 Å². The molecular weight excluding hydrogens is 318 g/mol. The zero-order valence-corrected chi connectivity index (χ0v) is 12.5. The first-order valence-electron chi connectivity index (χ1n) is 5.20. The van der Waals surface area contributed by atoms with Crippen LogP contribution in [0.3, 0.4) is 0 Å². The maximum absolute atomic E-state index is 11.3. The molecule has 0 bridgehead atoms. The molecule has 0 unspecified atom stereocenters. The summed E-state index contributed by atoms with van der Waals surface area (Å²) in [7, 11) is 2.98. The van der Waals surface area contributed by atoms with E-state index in [9.17, 15) is 4.79 Å². The summed E-state index contributed by atoms with van der Waals surface area (Å²) in [6, 6.07) is 0. The van der Waals surface area contributed by atoms with Gasteiger partial charge in [-0.1, -0.05) is 34.2 Å². The second kappa shape index (κ2) is 8.18. The molecule has 18 heavy (non-hydrogen) atoms. The predicted octanol–water partition coefficient (Wildman–Crippen LogP) is 2.95. The second-order valence-corrected chi connectivity index (χ2v) is 4.77. The molecule has 4 nitrogen and oxygen atoms in total. The predicted molar refractivity (Wildman–Crippen MR) is 75.2 cm³/mol. The van der Waals surface area contributed by atoms with Crippen LogP contribution in [0.5, 0.6) is 0 Å². The average molecular weight is 332 g/mol. The third-order valence-corrected chi connectivity index (χ3v) is 3.31. The minimum Gasteiger partial charge on any atom is -0.464 e. The molecule has 1 heterocycles. The number of esters is 1. The van der Waals surface area contributed by atoms with Crippen LogP contribution in [0.25, 0.3) is 0 Å². The number of rotatable bonds is 6. The van der Waals surface area contributed by atoms with Gasteiger partial charge < -0.3 is 9.47 Å². The summed E-state index contributed by atoms with van der Waals surface area (Å²) in [5.74, 6) is -0.413. The summed E-state index contributed by atoms with van der Waals surface area (Å²) in [5.41, 5.74) is 0.344. The number of thiazole rings is 1. The maximum Gasteiger partial charge on any atom is 0.357 e. The van der Waals surface area contributed by atoms with E-state index in [1.165, 1.54) is 18.4 Å². The lowest BCUT2D eigenvalue weighted by Crippen LogP contribution is -2.11. The van der Waals surface area contributed by atoms with Crippen molar-refractivity contribution in [1.29, 1.82) is 0 Å². The van der Waals surface area contributed by atoms with Gasteiger partial charge in [-0.15, -0.1) is 11.3 Å². The topological polar surface area (TPSA) is 48.4 Å². The normalized spacial score (nSPS) is 13.3. The van der Waals surface area contributed by atoms with Gasteiger partial charge in [0.1, 0.15) is 0 Å². The SMILES string of the molecule is COC(=O)c1csc(C[C@H](/C=C/C=C\Br)OC)n1. The van der Waals surface area contributed by atoms with Crippen LogP contribution in [0.15, 0.2) is 28.6 Å². The highest BCUT2D eigenvalue weighted by Crippen LogP contribution is 2.14. The van der Waals surface area contributed by atoms with Crippen LogP contribution < -0.4 is 0 Å². The van der Waals surface area contributed by atoms with Crippen molar-refractivity contribution in [3.63, 3.8) is 0 Å². The van der Waals surface area contributed by atoms with E-state index in [1.54, 1.807) is 17.5 Å². The highest BCUT2D eigenvalue weighted by atomic mass is 79.9. The fourth-order valence-corrected chi connectivity index (χ4v) is 2.22. The summed E-state index contributed by atoms with van der Waals surface area (Å²) in [6.07, 6.45) is 6.23. The van der Waals surface area contributed by atoms with E-state index >= 15 is 0 Å². The van der Waals surface area contributed by atoms with Crippen LogP contribution in [-0.2, 0) is 15.9 Å². The minimum absolute atomic E-state index is 0.0645. The van der Waals surface area contributed by atoms with Gasteiger partial charge in [-0.3, -0.25) is 0 Å². The highest BCUT2D eigenvalue weighted by Gasteiger charge is 2.13. The molecule has 0 aromatic carbocycles. The number of nitrogens with zero attached hydrogens (tertiary/aromatic N) is 1. The van der Waals surface area contributed by atoms with E-state index in [0.717, 1.165) is 5.01 Å².